The number of hydrogen-bond acceptors (Lipinski definition) is 4. The van der Waals surface area contributed by atoms with Crippen molar-refractivity contribution in [3.63, 3.8) is 0 Å². The Morgan fingerprint density at radius 3 is 2.52 bits per heavy atom. The van der Waals surface area contributed by atoms with E-state index in [1.165, 1.54) is 32.0 Å². The van der Waals surface area contributed by atoms with E-state index in [4.69, 9.17) is 9.56 Å². The third-order valence-corrected chi connectivity index (χ3v) is 4.47. The van der Waals surface area contributed by atoms with Crippen LogP contribution in [-0.4, -0.2) is 14.3 Å². The van der Waals surface area contributed by atoms with E-state index in [0.717, 1.165) is 0 Å². The third-order valence-electron chi connectivity index (χ3n) is 3.41. The number of rotatable bonds is 4. The molecule has 1 aromatic carbocycles. The van der Waals surface area contributed by atoms with Gasteiger partial charge in [-0.1, -0.05) is 12.1 Å². The molecule has 1 heterocycles. The molecule has 6 nitrogen and oxygen atoms in total. The van der Waals surface area contributed by atoms with E-state index in [9.17, 15) is 17.6 Å². The van der Waals surface area contributed by atoms with Gasteiger partial charge in [0.25, 0.3) is 5.91 Å². The van der Waals surface area contributed by atoms with E-state index >= 15 is 0 Å². The van der Waals surface area contributed by atoms with Crippen molar-refractivity contribution in [3.05, 3.63) is 52.7 Å². The van der Waals surface area contributed by atoms with Crippen LogP contribution in [0.3, 0.4) is 0 Å². The van der Waals surface area contributed by atoms with E-state index in [0.29, 0.717) is 5.56 Å². The molecule has 0 aliphatic carbocycles. The molecule has 2 aromatic rings. The summed E-state index contributed by atoms with van der Waals surface area (Å²) in [7, 11) is -4.11. The van der Waals surface area contributed by atoms with Gasteiger partial charge in [0.2, 0.25) is 10.0 Å². The van der Waals surface area contributed by atoms with Crippen LogP contribution in [0.15, 0.2) is 33.6 Å². The molecule has 1 aromatic heterocycles. The van der Waals surface area contributed by atoms with Crippen LogP contribution in [0.4, 0.5) is 4.39 Å². The zero-order valence-corrected chi connectivity index (χ0v) is 13.7. The highest BCUT2D eigenvalue weighted by Crippen LogP contribution is 2.26. The minimum absolute atomic E-state index is 0.0496. The molecule has 2 rings (SSSR count). The van der Waals surface area contributed by atoms with Gasteiger partial charge in [0.05, 0.1) is 6.04 Å². The van der Waals surface area contributed by atoms with E-state index in [1.54, 1.807) is 13.0 Å². The molecule has 1 unspecified atom stereocenters. The van der Waals surface area contributed by atoms with Crippen molar-refractivity contribution >= 4 is 15.9 Å². The maximum absolute atomic E-state index is 13.3. The highest BCUT2D eigenvalue weighted by molar-refractivity contribution is 7.89. The molecular weight excluding hydrogens is 323 g/mol. The molecule has 0 fully saturated rings. The first-order valence-corrected chi connectivity index (χ1v) is 8.35. The largest absolute Gasteiger partial charge is 0.464 e. The van der Waals surface area contributed by atoms with Gasteiger partial charge in [-0.2, -0.15) is 0 Å². The van der Waals surface area contributed by atoms with E-state index in [1.807, 2.05) is 0 Å². The molecule has 8 heteroatoms. The van der Waals surface area contributed by atoms with Crippen LogP contribution < -0.4 is 10.5 Å². The number of aryl methyl sites for hydroxylation is 2. The Morgan fingerprint density at radius 2 is 1.96 bits per heavy atom. The van der Waals surface area contributed by atoms with Crippen molar-refractivity contribution in [3.8, 4) is 0 Å². The summed E-state index contributed by atoms with van der Waals surface area (Å²) in [6.45, 7) is 4.55. The van der Waals surface area contributed by atoms with Gasteiger partial charge in [0, 0.05) is 0 Å². The first-order chi connectivity index (χ1) is 10.6. The van der Waals surface area contributed by atoms with Gasteiger partial charge in [-0.3, -0.25) is 4.79 Å². The number of nitrogens with two attached hydrogens (primary N) is 1. The number of sulfonamides is 1. The highest BCUT2D eigenvalue weighted by atomic mass is 32.2. The first kappa shape index (κ1) is 17.2. The molecule has 1 amide bonds. The second-order valence-corrected chi connectivity index (χ2v) is 6.71. The lowest BCUT2D eigenvalue weighted by molar-refractivity contribution is 0.0935. The fourth-order valence-electron chi connectivity index (χ4n) is 2.40. The van der Waals surface area contributed by atoms with Gasteiger partial charge in [0.1, 0.15) is 27.8 Å². The molecule has 1 atom stereocenters. The van der Waals surface area contributed by atoms with Crippen LogP contribution >= 0.6 is 0 Å². The number of primary sulfonamides is 1. The van der Waals surface area contributed by atoms with Crippen molar-refractivity contribution in [2.24, 2.45) is 5.14 Å². The zero-order valence-electron chi connectivity index (χ0n) is 12.9. The fourth-order valence-corrected chi connectivity index (χ4v) is 3.36. The van der Waals surface area contributed by atoms with Crippen LogP contribution in [0.1, 0.15) is 40.4 Å². The molecule has 0 aliphatic rings. The van der Waals surface area contributed by atoms with Crippen molar-refractivity contribution < 1.29 is 22.0 Å². The second-order valence-electron chi connectivity index (χ2n) is 5.21. The number of benzene rings is 1. The summed E-state index contributed by atoms with van der Waals surface area (Å²) in [4.78, 5) is 12.1. The number of carbonyl (C=O) groups is 1. The summed E-state index contributed by atoms with van der Waals surface area (Å²) in [6, 6.07) is 5.24. The van der Waals surface area contributed by atoms with E-state index < -0.39 is 27.8 Å². The summed E-state index contributed by atoms with van der Waals surface area (Å²) in [5.41, 5.74) is 0.418. The highest BCUT2D eigenvalue weighted by Gasteiger charge is 2.29. The van der Waals surface area contributed by atoms with Crippen molar-refractivity contribution in [1.29, 1.82) is 0 Å². The van der Waals surface area contributed by atoms with Crippen molar-refractivity contribution in [1.82, 2.24) is 5.32 Å². The van der Waals surface area contributed by atoms with E-state index in [-0.39, 0.29) is 22.0 Å². The maximum Gasteiger partial charge on any atom is 0.256 e. The minimum Gasteiger partial charge on any atom is -0.464 e. The third kappa shape index (κ3) is 3.59. The van der Waals surface area contributed by atoms with Crippen LogP contribution in [0, 0.1) is 19.7 Å². The normalized spacial score (nSPS) is 12.9. The monoisotopic (exact) mass is 340 g/mol. The number of amides is 1. The van der Waals surface area contributed by atoms with Crippen molar-refractivity contribution in [2.45, 2.75) is 31.7 Å². The summed E-state index contributed by atoms with van der Waals surface area (Å²) in [5, 5.41) is 7.77. The molecule has 0 bridgehead atoms. The maximum atomic E-state index is 13.3. The number of nitrogens with one attached hydrogen (secondary N) is 1. The SMILES string of the molecule is Cc1oc(C)c(S(N)(=O)=O)c1C(=O)NC(C)c1cccc(F)c1. The Bertz CT molecular complexity index is 858. The molecule has 0 radical (unpaired) electrons. The van der Waals surface area contributed by atoms with Crippen LogP contribution in [0.5, 0.6) is 0 Å². The molecule has 0 spiro atoms. The number of carbonyl (C=O) groups excluding carboxylic acids is 1. The Morgan fingerprint density at radius 1 is 1.30 bits per heavy atom. The van der Waals surface area contributed by atoms with Gasteiger partial charge in [-0.05, 0) is 38.5 Å². The number of furan rings is 1. The Balaban J connectivity index is 2.35. The predicted molar refractivity (Wildman–Crippen MR) is 81.8 cm³/mol. The molecule has 23 heavy (non-hydrogen) atoms. The second kappa shape index (κ2) is 6.13. The van der Waals surface area contributed by atoms with E-state index in [2.05, 4.69) is 5.32 Å². The molecule has 0 aliphatic heterocycles. The van der Waals surface area contributed by atoms with Crippen LogP contribution in [0.2, 0.25) is 0 Å². The summed E-state index contributed by atoms with van der Waals surface area (Å²) in [6.07, 6.45) is 0. The molecule has 0 saturated carbocycles. The summed E-state index contributed by atoms with van der Waals surface area (Å²) in [5.74, 6) is -0.881. The number of halogens is 1. The van der Waals surface area contributed by atoms with Gasteiger partial charge in [0.15, 0.2) is 0 Å². The lowest BCUT2D eigenvalue weighted by Crippen LogP contribution is -2.29. The zero-order chi connectivity index (χ0) is 17.4. The summed E-state index contributed by atoms with van der Waals surface area (Å²) >= 11 is 0. The van der Waals surface area contributed by atoms with Gasteiger partial charge in [-0.25, -0.2) is 17.9 Å². The first-order valence-electron chi connectivity index (χ1n) is 6.80. The molecular formula is C15H17FN2O4S. The fraction of sp³-hybridized carbons (Fsp3) is 0.267. The molecule has 0 saturated heterocycles. The number of hydrogen-bond donors (Lipinski definition) is 2. The standard InChI is InChI=1S/C15H17FN2O4S/c1-8(11-5-4-6-12(16)7-11)18-15(19)13-9(2)22-10(3)14(13)23(17,20)21/h4-8H,1-3H3,(H,18,19)(H2,17,20,21). The average Bonchev–Trinajstić information content (AvgIpc) is 2.73. The minimum atomic E-state index is -4.11. The van der Waals surface area contributed by atoms with Gasteiger partial charge < -0.3 is 9.73 Å². The topological polar surface area (TPSA) is 102 Å². The molecule has 124 valence electrons. The van der Waals surface area contributed by atoms with Gasteiger partial charge in [-0.15, -0.1) is 0 Å². The van der Waals surface area contributed by atoms with Crippen molar-refractivity contribution in [2.75, 3.05) is 0 Å². The average molecular weight is 340 g/mol. The Kier molecular flexibility index (Phi) is 4.58. The quantitative estimate of drug-likeness (QED) is 0.890. The van der Waals surface area contributed by atoms with Crippen LogP contribution in [0.25, 0.3) is 0 Å². The lowest BCUT2D eigenvalue weighted by Gasteiger charge is -2.14. The van der Waals surface area contributed by atoms with Crippen LogP contribution in [-0.2, 0) is 10.0 Å². The molecule has 3 N–H and O–H groups in total. The Labute approximate surface area is 133 Å². The predicted octanol–water partition coefficient (Wildman–Crippen LogP) is 2.17. The lowest BCUT2D eigenvalue weighted by atomic mass is 10.1. The Hall–Kier alpha value is -2.19. The smallest absolute Gasteiger partial charge is 0.256 e. The van der Waals surface area contributed by atoms with Gasteiger partial charge >= 0.3 is 0 Å². The summed E-state index contributed by atoms with van der Waals surface area (Å²) < 4.78 is 41.8.